The van der Waals surface area contributed by atoms with Crippen molar-refractivity contribution >= 4 is 17.3 Å². The Labute approximate surface area is 120 Å². The van der Waals surface area contributed by atoms with E-state index in [0.29, 0.717) is 23.0 Å². The zero-order chi connectivity index (χ0) is 14.5. The molecule has 1 aromatic carbocycles. The van der Waals surface area contributed by atoms with Crippen LogP contribution in [-0.4, -0.2) is 43.7 Å². The second-order valence-corrected chi connectivity index (χ2v) is 5.14. The van der Waals surface area contributed by atoms with Gasteiger partial charge in [-0.25, -0.2) is 4.79 Å². The van der Waals surface area contributed by atoms with Crippen molar-refractivity contribution in [2.45, 2.75) is 25.8 Å². The molecule has 0 aromatic heterocycles. The fraction of sp³-hybridized carbons (Fsp3) is 0.533. The Bertz CT molecular complexity index is 476. The summed E-state index contributed by atoms with van der Waals surface area (Å²) in [7, 11) is 1.38. The number of likely N-dealkylation sites (N-methyl/N-ethyl adjacent to an activating group) is 1. The van der Waals surface area contributed by atoms with Crippen LogP contribution in [0.15, 0.2) is 18.2 Å². The predicted octanol–water partition coefficient (Wildman–Crippen LogP) is 1.95. The molecule has 1 fully saturated rings. The number of likely N-dealkylation sites (tertiary alicyclic amines) is 1. The number of nitrogens with two attached hydrogens (primary N) is 1. The summed E-state index contributed by atoms with van der Waals surface area (Å²) in [4.78, 5) is 14.2. The van der Waals surface area contributed by atoms with E-state index in [9.17, 15) is 4.79 Å². The third-order valence-corrected chi connectivity index (χ3v) is 3.80. The van der Waals surface area contributed by atoms with Crippen LogP contribution in [0.1, 0.15) is 30.1 Å². The number of nitrogen functional groups attached to an aromatic ring is 1. The maximum absolute atomic E-state index is 11.8. The summed E-state index contributed by atoms with van der Waals surface area (Å²) in [5.74, 6) is -0.358. The largest absolute Gasteiger partial charge is 0.465 e. The summed E-state index contributed by atoms with van der Waals surface area (Å²) in [6, 6.07) is 5.63. The number of esters is 1. The standard InChI is InChI=1S/C15H23N3O2/c1-3-18-9-5-6-11(10-18)17-14-12(15(19)20-2)7-4-8-13(14)16/h4,7-8,11,17H,3,5-6,9-10,16H2,1-2H3. The number of nitrogens with one attached hydrogen (secondary N) is 1. The minimum atomic E-state index is -0.358. The van der Waals surface area contributed by atoms with Crippen molar-refractivity contribution in [1.82, 2.24) is 4.90 Å². The first kappa shape index (κ1) is 14.7. The Hall–Kier alpha value is -1.75. The molecule has 0 aliphatic carbocycles. The fourth-order valence-electron chi connectivity index (χ4n) is 2.68. The molecule has 110 valence electrons. The van der Waals surface area contributed by atoms with Gasteiger partial charge in [-0.15, -0.1) is 0 Å². The Morgan fingerprint density at radius 1 is 1.55 bits per heavy atom. The van der Waals surface area contributed by atoms with Gasteiger partial charge in [0.05, 0.1) is 24.0 Å². The molecule has 0 spiro atoms. The highest BCUT2D eigenvalue weighted by Gasteiger charge is 2.22. The summed E-state index contributed by atoms with van der Waals surface area (Å²) in [5.41, 5.74) is 7.80. The third-order valence-electron chi connectivity index (χ3n) is 3.80. The van der Waals surface area contributed by atoms with E-state index in [0.717, 1.165) is 32.5 Å². The highest BCUT2D eigenvalue weighted by molar-refractivity contribution is 5.98. The minimum absolute atomic E-state index is 0.316. The quantitative estimate of drug-likeness (QED) is 0.650. The number of hydrogen-bond donors (Lipinski definition) is 2. The van der Waals surface area contributed by atoms with Gasteiger partial charge in [-0.2, -0.15) is 0 Å². The molecule has 0 bridgehead atoms. The van der Waals surface area contributed by atoms with Gasteiger partial charge in [0.25, 0.3) is 0 Å². The number of nitrogens with zero attached hydrogens (tertiary/aromatic N) is 1. The summed E-state index contributed by atoms with van der Waals surface area (Å²) >= 11 is 0. The number of ether oxygens (including phenoxy) is 1. The molecule has 3 N–H and O–H groups in total. The van der Waals surface area contributed by atoms with Crippen LogP contribution in [0, 0.1) is 0 Å². The van der Waals surface area contributed by atoms with Crippen molar-refractivity contribution in [3.8, 4) is 0 Å². The van der Waals surface area contributed by atoms with Gasteiger partial charge in [0, 0.05) is 12.6 Å². The lowest BCUT2D eigenvalue weighted by Crippen LogP contribution is -2.42. The molecule has 0 radical (unpaired) electrons. The molecule has 1 atom stereocenters. The number of carbonyl (C=O) groups excluding carboxylic acids is 1. The van der Waals surface area contributed by atoms with Crippen molar-refractivity contribution in [1.29, 1.82) is 0 Å². The van der Waals surface area contributed by atoms with E-state index in [1.807, 2.05) is 0 Å². The topological polar surface area (TPSA) is 67.6 Å². The fourth-order valence-corrected chi connectivity index (χ4v) is 2.68. The minimum Gasteiger partial charge on any atom is -0.465 e. The summed E-state index contributed by atoms with van der Waals surface area (Å²) in [5, 5.41) is 3.43. The summed E-state index contributed by atoms with van der Waals surface area (Å²) in [6.45, 7) is 5.33. The number of para-hydroxylation sites is 1. The number of benzene rings is 1. The van der Waals surface area contributed by atoms with Gasteiger partial charge in [-0.3, -0.25) is 0 Å². The molecule has 5 heteroatoms. The lowest BCUT2D eigenvalue weighted by Gasteiger charge is -2.33. The maximum atomic E-state index is 11.8. The third kappa shape index (κ3) is 3.22. The molecule has 20 heavy (non-hydrogen) atoms. The number of anilines is 2. The van der Waals surface area contributed by atoms with Crippen molar-refractivity contribution in [2.75, 3.05) is 37.8 Å². The summed E-state index contributed by atoms with van der Waals surface area (Å²) in [6.07, 6.45) is 2.25. The molecule has 5 nitrogen and oxygen atoms in total. The maximum Gasteiger partial charge on any atom is 0.340 e. The molecular formula is C15H23N3O2. The smallest absolute Gasteiger partial charge is 0.340 e. The van der Waals surface area contributed by atoms with Crippen LogP contribution >= 0.6 is 0 Å². The van der Waals surface area contributed by atoms with Gasteiger partial charge in [-0.1, -0.05) is 13.0 Å². The Balaban J connectivity index is 2.17. The number of piperidine rings is 1. The Morgan fingerprint density at radius 3 is 3.05 bits per heavy atom. The van der Waals surface area contributed by atoms with Crippen LogP contribution in [-0.2, 0) is 4.74 Å². The van der Waals surface area contributed by atoms with Crippen LogP contribution in [0.2, 0.25) is 0 Å². The van der Waals surface area contributed by atoms with Crippen LogP contribution in [0.5, 0.6) is 0 Å². The van der Waals surface area contributed by atoms with Crippen molar-refractivity contribution in [2.24, 2.45) is 0 Å². The molecule has 1 aromatic rings. The van der Waals surface area contributed by atoms with E-state index in [-0.39, 0.29) is 5.97 Å². The van der Waals surface area contributed by atoms with E-state index in [1.54, 1.807) is 18.2 Å². The molecule has 2 rings (SSSR count). The average molecular weight is 277 g/mol. The monoisotopic (exact) mass is 277 g/mol. The number of hydrogen-bond acceptors (Lipinski definition) is 5. The molecule has 1 heterocycles. The normalized spacial score (nSPS) is 19.6. The van der Waals surface area contributed by atoms with E-state index >= 15 is 0 Å². The molecule has 1 aliphatic heterocycles. The van der Waals surface area contributed by atoms with Gasteiger partial charge >= 0.3 is 5.97 Å². The predicted molar refractivity (Wildman–Crippen MR) is 81.0 cm³/mol. The first-order valence-electron chi connectivity index (χ1n) is 7.11. The van der Waals surface area contributed by atoms with Crippen LogP contribution < -0.4 is 11.1 Å². The van der Waals surface area contributed by atoms with Crippen LogP contribution in [0.3, 0.4) is 0 Å². The highest BCUT2D eigenvalue weighted by atomic mass is 16.5. The van der Waals surface area contributed by atoms with Gasteiger partial charge < -0.3 is 20.7 Å². The lowest BCUT2D eigenvalue weighted by atomic mass is 10.0. The molecule has 1 unspecified atom stereocenters. The average Bonchev–Trinajstić information content (AvgIpc) is 2.48. The zero-order valence-electron chi connectivity index (χ0n) is 12.2. The van der Waals surface area contributed by atoms with Gasteiger partial charge in [0.15, 0.2) is 0 Å². The Morgan fingerprint density at radius 2 is 2.35 bits per heavy atom. The van der Waals surface area contributed by atoms with E-state index in [4.69, 9.17) is 10.5 Å². The zero-order valence-corrected chi connectivity index (χ0v) is 12.2. The summed E-state index contributed by atoms with van der Waals surface area (Å²) < 4.78 is 4.82. The number of carbonyl (C=O) groups is 1. The van der Waals surface area contributed by atoms with Crippen molar-refractivity contribution in [3.63, 3.8) is 0 Å². The van der Waals surface area contributed by atoms with Gasteiger partial charge in [0.1, 0.15) is 0 Å². The molecule has 1 aliphatic rings. The number of rotatable bonds is 4. The van der Waals surface area contributed by atoms with E-state index in [2.05, 4.69) is 17.1 Å². The SMILES string of the molecule is CCN1CCCC(Nc2c(N)cccc2C(=O)OC)C1. The molecule has 0 saturated carbocycles. The molecule has 1 saturated heterocycles. The second kappa shape index (κ2) is 6.61. The number of methoxy groups -OCH3 is 1. The lowest BCUT2D eigenvalue weighted by molar-refractivity contribution is 0.0601. The van der Waals surface area contributed by atoms with Crippen LogP contribution in [0.4, 0.5) is 11.4 Å². The first-order chi connectivity index (χ1) is 9.65. The van der Waals surface area contributed by atoms with Crippen molar-refractivity contribution in [3.05, 3.63) is 23.8 Å². The van der Waals surface area contributed by atoms with Crippen LogP contribution in [0.25, 0.3) is 0 Å². The van der Waals surface area contributed by atoms with E-state index < -0.39 is 0 Å². The second-order valence-electron chi connectivity index (χ2n) is 5.14. The first-order valence-corrected chi connectivity index (χ1v) is 7.11. The Kier molecular flexibility index (Phi) is 4.84. The molecule has 0 amide bonds. The van der Waals surface area contributed by atoms with Crippen molar-refractivity contribution < 1.29 is 9.53 Å². The van der Waals surface area contributed by atoms with Gasteiger partial charge in [-0.05, 0) is 38.1 Å². The van der Waals surface area contributed by atoms with E-state index in [1.165, 1.54) is 7.11 Å². The van der Waals surface area contributed by atoms with Gasteiger partial charge in [0.2, 0.25) is 0 Å². The highest BCUT2D eigenvalue weighted by Crippen LogP contribution is 2.26. The molecular weight excluding hydrogens is 254 g/mol.